The first-order chi connectivity index (χ1) is 10.1. The van der Waals surface area contributed by atoms with E-state index in [0.29, 0.717) is 10.6 Å². The van der Waals surface area contributed by atoms with Crippen LogP contribution in [0.5, 0.6) is 0 Å². The Morgan fingerprint density at radius 3 is 2.43 bits per heavy atom. The number of primary amides is 1. The summed E-state index contributed by atoms with van der Waals surface area (Å²) in [7, 11) is 0. The van der Waals surface area contributed by atoms with Crippen molar-refractivity contribution >= 4 is 33.9 Å². The molecule has 3 rings (SSSR count). The third-order valence-corrected chi connectivity index (χ3v) is 3.50. The fourth-order valence-corrected chi connectivity index (χ4v) is 2.46. The molecule has 1 amide bonds. The molecule has 5 nitrogen and oxygen atoms in total. The fourth-order valence-electron chi connectivity index (χ4n) is 2.28. The van der Waals surface area contributed by atoms with Crippen LogP contribution in [0.15, 0.2) is 48.8 Å². The molecule has 6 heteroatoms. The van der Waals surface area contributed by atoms with Gasteiger partial charge in [0.1, 0.15) is 4.99 Å². The van der Waals surface area contributed by atoms with Crippen LogP contribution in [0.25, 0.3) is 16.5 Å². The molecular formula is C15H12N4OS. The summed E-state index contributed by atoms with van der Waals surface area (Å²) >= 11 is 5.08. The lowest BCUT2D eigenvalue weighted by atomic mass is 10.0. The highest BCUT2D eigenvalue weighted by atomic mass is 32.1. The first-order valence-electron chi connectivity index (χ1n) is 6.24. The van der Waals surface area contributed by atoms with E-state index in [1.807, 2.05) is 36.4 Å². The van der Waals surface area contributed by atoms with Gasteiger partial charge in [0, 0.05) is 17.1 Å². The molecule has 0 saturated carbocycles. The van der Waals surface area contributed by atoms with Crippen LogP contribution >= 0.6 is 12.2 Å². The van der Waals surface area contributed by atoms with E-state index in [0.717, 1.165) is 22.0 Å². The van der Waals surface area contributed by atoms with Crippen LogP contribution < -0.4 is 11.5 Å². The van der Waals surface area contributed by atoms with Crippen LogP contribution in [0.4, 0.5) is 0 Å². The third-order valence-electron chi connectivity index (χ3n) is 3.28. The van der Waals surface area contributed by atoms with Gasteiger partial charge in [0.15, 0.2) is 0 Å². The summed E-state index contributed by atoms with van der Waals surface area (Å²) in [5.74, 6) is -0.509. The highest BCUT2D eigenvalue weighted by Gasteiger charge is 2.11. The minimum Gasteiger partial charge on any atom is -0.389 e. The van der Waals surface area contributed by atoms with Crippen molar-refractivity contribution in [3.8, 4) is 5.69 Å². The molecule has 3 aromatic rings. The fraction of sp³-hybridized carbons (Fsp3) is 0. The molecule has 0 radical (unpaired) electrons. The molecule has 0 atom stereocenters. The van der Waals surface area contributed by atoms with Crippen molar-refractivity contribution < 1.29 is 4.79 Å². The van der Waals surface area contributed by atoms with Gasteiger partial charge in [-0.3, -0.25) is 4.79 Å². The average molecular weight is 296 g/mol. The lowest BCUT2D eigenvalue weighted by Crippen LogP contribution is -2.11. The number of rotatable bonds is 3. The van der Waals surface area contributed by atoms with Gasteiger partial charge >= 0.3 is 0 Å². The Morgan fingerprint density at radius 2 is 1.81 bits per heavy atom. The average Bonchev–Trinajstić information content (AvgIpc) is 2.95. The SMILES string of the molecule is NC(=O)c1cnn(-c2ccc(C(N)=S)c3ccccc23)c1. The summed E-state index contributed by atoms with van der Waals surface area (Å²) < 4.78 is 1.62. The number of amides is 1. The lowest BCUT2D eigenvalue weighted by Gasteiger charge is -2.10. The number of hydrogen-bond donors (Lipinski definition) is 2. The molecule has 1 aromatic heterocycles. The van der Waals surface area contributed by atoms with Crippen LogP contribution in [0, 0.1) is 0 Å². The van der Waals surface area contributed by atoms with Gasteiger partial charge in [0.05, 0.1) is 17.4 Å². The standard InChI is InChI=1S/C15H12N4OS/c16-14(20)9-7-18-19(8-9)13-6-5-12(15(17)21)10-3-1-2-4-11(10)13/h1-8H,(H2,16,20)(H2,17,21). The smallest absolute Gasteiger partial charge is 0.251 e. The third kappa shape index (κ3) is 2.25. The zero-order valence-electron chi connectivity index (χ0n) is 11.0. The van der Waals surface area contributed by atoms with Gasteiger partial charge in [0.2, 0.25) is 0 Å². The number of benzene rings is 2. The number of carbonyl (C=O) groups is 1. The summed E-state index contributed by atoms with van der Waals surface area (Å²) in [5.41, 5.74) is 13.0. The van der Waals surface area contributed by atoms with Crippen molar-refractivity contribution in [1.29, 1.82) is 0 Å². The van der Waals surface area contributed by atoms with Crippen molar-refractivity contribution in [2.24, 2.45) is 11.5 Å². The van der Waals surface area contributed by atoms with E-state index in [1.54, 1.807) is 10.9 Å². The Hall–Kier alpha value is -2.73. The summed E-state index contributed by atoms with van der Waals surface area (Å²) in [4.78, 5) is 11.5. The topological polar surface area (TPSA) is 86.9 Å². The normalized spacial score (nSPS) is 10.7. The zero-order chi connectivity index (χ0) is 15.0. The van der Waals surface area contributed by atoms with E-state index in [9.17, 15) is 4.79 Å². The number of carbonyl (C=O) groups excluding carboxylic acids is 1. The molecule has 0 aliphatic carbocycles. The second-order valence-corrected chi connectivity index (χ2v) is 5.02. The molecule has 104 valence electrons. The van der Waals surface area contributed by atoms with Crippen molar-refractivity contribution in [2.75, 3.05) is 0 Å². The summed E-state index contributed by atoms with van der Waals surface area (Å²) in [6.45, 7) is 0. The summed E-state index contributed by atoms with van der Waals surface area (Å²) in [5, 5.41) is 6.07. The lowest BCUT2D eigenvalue weighted by molar-refractivity contribution is 0.100. The summed E-state index contributed by atoms with van der Waals surface area (Å²) in [6, 6.07) is 11.5. The second kappa shape index (κ2) is 4.99. The molecular weight excluding hydrogens is 284 g/mol. The molecule has 0 aliphatic rings. The minimum atomic E-state index is -0.509. The number of nitrogens with two attached hydrogens (primary N) is 2. The van der Waals surface area contributed by atoms with Gasteiger partial charge in [-0.1, -0.05) is 36.5 Å². The van der Waals surface area contributed by atoms with Crippen molar-refractivity contribution in [1.82, 2.24) is 9.78 Å². The number of fused-ring (bicyclic) bond motifs is 1. The molecule has 0 bridgehead atoms. The van der Waals surface area contributed by atoms with Gasteiger partial charge in [-0.2, -0.15) is 5.10 Å². The van der Waals surface area contributed by atoms with Gasteiger partial charge < -0.3 is 11.5 Å². The molecule has 0 aliphatic heterocycles. The van der Waals surface area contributed by atoms with Crippen LogP contribution in [-0.4, -0.2) is 20.7 Å². The largest absolute Gasteiger partial charge is 0.389 e. The predicted molar refractivity (Wildman–Crippen MR) is 85.5 cm³/mol. The van der Waals surface area contributed by atoms with Crippen molar-refractivity contribution in [3.05, 3.63) is 59.9 Å². The van der Waals surface area contributed by atoms with Gasteiger partial charge in [-0.25, -0.2) is 4.68 Å². The zero-order valence-corrected chi connectivity index (χ0v) is 11.8. The molecule has 0 fully saturated rings. The van der Waals surface area contributed by atoms with E-state index in [-0.39, 0.29) is 0 Å². The van der Waals surface area contributed by atoms with Gasteiger partial charge in [-0.05, 0) is 17.5 Å². The Kier molecular flexibility index (Phi) is 3.15. The van der Waals surface area contributed by atoms with E-state index in [4.69, 9.17) is 23.7 Å². The molecule has 0 spiro atoms. The van der Waals surface area contributed by atoms with E-state index in [1.165, 1.54) is 6.20 Å². The van der Waals surface area contributed by atoms with Crippen LogP contribution in [0.1, 0.15) is 15.9 Å². The van der Waals surface area contributed by atoms with Crippen LogP contribution in [0.2, 0.25) is 0 Å². The monoisotopic (exact) mass is 296 g/mol. The van der Waals surface area contributed by atoms with Crippen molar-refractivity contribution in [2.45, 2.75) is 0 Å². The minimum absolute atomic E-state index is 0.344. The Labute approximate surface area is 126 Å². The molecule has 2 aromatic carbocycles. The number of hydrogen-bond acceptors (Lipinski definition) is 3. The highest BCUT2D eigenvalue weighted by molar-refractivity contribution is 7.80. The van der Waals surface area contributed by atoms with Gasteiger partial charge in [-0.15, -0.1) is 0 Å². The quantitative estimate of drug-likeness (QED) is 0.721. The molecule has 4 N–H and O–H groups in total. The van der Waals surface area contributed by atoms with Crippen molar-refractivity contribution in [3.63, 3.8) is 0 Å². The molecule has 0 unspecified atom stereocenters. The Morgan fingerprint density at radius 1 is 1.10 bits per heavy atom. The predicted octanol–water partition coefficient (Wildman–Crippen LogP) is 1.76. The molecule has 1 heterocycles. The number of aromatic nitrogens is 2. The number of thiocarbonyl (C=S) groups is 1. The van der Waals surface area contributed by atoms with Gasteiger partial charge in [0.25, 0.3) is 5.91 Å². The molecule has 0 saturated heterocycles. The van der Waals surface area contributed by atoms with Crippen LogP contribution in [-0.2, 0) is 0 Å². The Bertz CT molecular complexity index is 869. The maximum Gasteiger partial charge on any atom is 0.251 e. The summed E-state index contributed by atoms with van der Waals surface area (Å²) in [6.07, 6.45) is 3.04. The first-order valence-corrected chi connectivity index (χ1v) is 6.65. The van der Waals surface area contributed by atoms with E-state index in [2.05, 4.69) is 5.10 Å². The first kappa shape index (κ1) is 13.3. The maximum absolute atomic E-state index is 11.2. The number of nitrogens with zero attached hydrogens (tertiary/aromatic N) is 2. The Balaban J connectivity index is 2.26. The highest BCUT2D eigenvalue weighted by Crippen LogP contribution is 2.25. The maximum atomic E-state index is 11.2. The second-order valence-electron chi connectivity index (χ2n) is 4.58. The molecule has 21 heavy (non-hydrogen) atoms. The van der Waals surface area contributed by atoms with E-state index >= 15 is 0 Å². The van der Waals surface area contributed by atoms with E-state index < -0.39 is 5.91 Å². The van der Waals surface area contributed by atoms with Crippen LogP contribution in [0.3, 0.4) is 0 Å².